The Bertz CT molecular complexity index is 563. The van der Waals surface area contributed by atoms with Gasteiger partial charge >= 0.3 is 0 Å². The summed E-state index contributed by atoms with van der Waals surface area (Å²) in [4.78, 5) is 26.5. The molecule has 2 rings (SSSR count). The van der Waals surface area contributed by atoms with E-state index in [0.717, 1.165) is 24.8 Å². The minimum Gasteiger partial charge on any atom is -0.349 e. The number of piperidine rings is 1. The number of amides is 2. The molecular weight excluding hydrogens is 324 g/mol. The topological polar surface area (TPSA) is 49.4 Å². The van der Waals surface area contributed by atoms with Crippen LogP contribution in [0, 0.1) is 11.8 Å². The van der Waals surface area contributed by atoms with Crippen LogP contribution in [0.4, 0.5) is 0 Å². The van der Waals surface area contributed by atoms with Crippen molar-refractivity contribution in [3.8, 4) is 0 Å². The summed E-state index contributed by atoms with van der Waals surface area (Å²) in [5.74, 6) is 0.280. The van der Waals surface area contributed by atoms with Crippen LogP contribution in [0.25, 0.3) is 0 Å². The average Bonchev–Trinajstić information content (AvgIpc) is 2.59. The first-order chi connectivity index (χ1) is 11.4. The molecule has 132 valence electrons. The van der Waals surface area contributed by atoms with Crippen LogP contribution in [-0.4, -0.2) is 29.8 Å². The zero-order valence-electron chi connectivity index (χ0n) is 14.7. The summed E-state index contributed by atoms with van der Waals surface area (Å²) in [6, 6.07) is 7.62. The Morgan fingerprint density at radius 3 is 2.29 bits per heavy atom. The molecule has 1 N–H and O–H groups in total. The van der Waals surface area contributed by atoms with Gasteiger partial charge in [-0.15, -0.1) is 0 Å². The molecule has 1 aliphatic heterocycles. The van der Waals surface area contributed by atoms with Crippen LogP contribution in [0.15, 0.2) is 24.3 Å². The lowest BCUT2D eigenvalue weighted by Gasteiger charge is -2.33. The van der Waals surface area contributed by atoms with Crippen molar-refractivity contribution in [2.45, 2.75) is 46.1 Å². The van der Waals surface area contributed by atoms with E-state index >= 15 is 0 Å². The molecule has 0 aromatic heterocycles. The van der Waals surface area contributed by atoms with Gasteiger partial charge in [0.2, 0.25) is 11.8 Å². The first kappa shape index (κ1) is 18.8. The molecule has 1 aromatic carbocycles. The first-order valence-corrected chi connectivity index (χ1v) is 9.14. The van der Waals surface area contributed by atoms with Gasteiger partial charge in [0.25, 0.3) is 0 Å². The third-order valence-electron chi connectivity index (χ3n) is 4.67. The maximum absolute atomic E-state index is 12.6. The Labute approximate surface area is 149 Å². The molecule has 1 aliphatic rings. The fourth-order valence-corrected chi connectivity index (χ4v) is 3.26. The number of likely N-dealkylation sites (tertiary alicyclic amines) is 1. The number of nitrogens with one attached hydrogen (secondary N) is 1. The van der Waals surface area contributed by atoms with E-state index in [1.165, 1.54) is 0 Å². The molecule has 2 amide bonds. The first-order valence-electron chi connectivity index (χ1n) is 8.77. The number of carbonyl (C=O) groups excluding carboxylic acids is 2. The molecule has 1 unspecified atom stereocenters. The van der Waals surface area contributed by atoms with E-state index in [2.05, 4.69) is 12.2 Å². The predicted octanol–water partition coefficient (Wildman–Crippen LogP) is 3.80. The molecule has 1 atom stereocenters. The van der Waals surface area contributed by atoms with Gasteiger partial charge in [-0.2, -0.15) is 0 Å². The smallest absolute Gasteiger partial charge is 0.225 e. The Hall–Kier alpha value is -1.55. The van der Waals surface area contributed by atoms with Gasteiger partial charge in [-0.05, 0) is 37.0 Å². The average molecular weight is 351 g/mol. The Balaban J connectivity index is 1.90. The van der Waals surface area contributed by atoms with E-state index in [-0.39, 0.29) is 29.7 Å². The molecule has 1 saturated heterocycles. The van der Waals surface area contributed by atoms with Crippen molar-refractivity contribution in [3.63, 3.8) is 0 Å². The van der Waals surface area contributed by atoms with Gasteiger partial charge in [0.15, 0.2) is 0 Å². The number of halogens is 1. The molecule has 24 heavy (non-hydrogen) atoms. The molecular formula is C19H27ClN2O2. The van der Waals surface area contributed by atoms with E-state index in [1.807, 2.05) is 43.0 Å². The number of benzene rings is 1. The van der Waals surface area contributed by atoms with Crippen LogP contribution in [0.5, 0.6) is 0 Å². The van der Waals surface area contributed by atoms with E-state index in [1.54, 1.807) is 0 Å². The highest BCUT2D eigenvalue weighted by Gasteiger charge is 2.29. The maximum atomic E-state index is 12.6. The fourth-order valence-electron chi connectivity index (χ4n) is 3.13. The van der Waals surface area contributed by atoms with E-state index in [9.17, 15) is 9.59 Å². The summed E-state index contributed by atoms with van der Waals surface area (Å²) in [7, 11) is 0. The van der Waals surface area contributed by atoms with Crippen LogP contribution in [0.1, 0.15) is 51.6 Å². The zero-order chi connectivity index (χ0) is 17.7. The third-order valence-corrected chi connectivity index (χ3v) is 4.92. The van der Waals surface area contributed by atoms with Crippen molar-refractivity contribution in [3.05, 3.63) is 34.9 Å². The summed E-state index contributed by atoms with van der Waals surface area (Å²) in [6.45, 7) is 7.24. The van der Waals surface area contributed by atoms with Gasteiger partial charge in [0, 0.05) is 29.9 Å². The number of nitrogens with zero attached hydrogens (tertiary/aromatic N) is 1. The molecule has 0 spiro atoms. The number of rotatable bonds is 5. The Morgan fingerprint density at radius 1 is 1.21 bits per heavy atom. The molecule has 1 fully saturated rings. The molecule has 4 nitrogen and oxygen atoms in total. The molecule has 0 bridgehead atoms. The van der Waals surface area contributed by atoms with Crippen LogP contribution in [-0.2, 0) is 9.59 Å². The third kappa shape index (κ3) is 4.73. The van der Waals surface area contributed by atoms with Crippen molar-refractivity contribution in [2.24, 2.45) is 11.8 Å². The van der Waals surface area contributed by atoms with Crippen molar-refractivity contribution in [1.29, 1.82) is 0 Å². The van der Waals surface area contributed by atoms with E-state index < -0.39 is 0 Å². The SMILES string of the molecule is CCC(NC(=O)C1CCN(C(=O)C(C)C)CC1)c1ccc(Cl)cc1. The normalized spacial score (nSPS) is 17.0. The van der Waals surface area contributed by atoms with Gasteiger partial charge < -0.3 is 10.2 Å². The number of hydrogen-bond acceptors (Lipinski definition) is 2. The lowest BCUT2D eigenvalue weighted by atomic mass is 9.94. The molecule has 5 heteroatoms. The standard InChI is InChI=1S/C19H27ClN2O2/c1-4-17(14-5-7-16(20)8-6-14)21-18(23)15-9-11-22(12-10-15)19(24)13(2)3/h5-8,13,15,17H,4,9-12H2,1-3H3,(H,21,23). The van der Waals surface area contributed by atoms with Crippen molar-refractivity contribution in [1.82, 2.24) is 10.2 Å². The zero-order valence-corrected chi connectivity index (χ0v) is 15.5. The van der Waals surface area contributed by atoms with E-state index in [4.69, 9.17) is 11.6 Å². The van der Waals surface area contributed by atoms with Gasteiger partial charge in [0.1, 0.15) is 0 Å². The van der Waals surface area contributed by atoms with Crippen molar-refractivity contribution < 1.29 is 9.59 Å². The quantitative estimate of drug-likeness (QED) is 0.878. The highest BCUT2D eigenvalue weighted by atomic mass is 35.5. The Morgan fingerprint density at radius 2 is 1.79 bits per heavy atom. The minimum atomic E-state index is -0.0115. The number of hydrogen-bond donors (Lipinski definition) is 1. The summed E-state index contributed by atoms with van der Waals surface area (Å²) < 4.78 is 0. The van der Waals surface area contributed by atoms with Crippen LogP contribution in [0.3, 0.4) is 0 Å². The summed E-state index contributed by atoms with van der Waals surface area (Å²) in [5.41, 5.74) is 1.07. The van der Waals surface area contributed by atoms with Crippen LogP contribution in [0.2, 0.25) is 5.02 Å². The second-order valence-electron chi connectivity index (χ2n) is 6.78. The van der Waals surface area contributed by atoms with Crippen LogP contribution >= 0.6 is 11.6 Å². The minimum absolute atomic E-state index is 0.00472. The van der Waals surface area contributed by atoms with E-state index in [0.29, 0.717) is 18.1 Å². The summed E-state index contributed by atoms with van der Waals surface area (Å²) >= 11 is 5.93. The summed E-state index contributed by atoms with van der Waals surface area (Å²) in [5, 5.41) is 3.85. The lowest BCUT2D eigenvalue weighted by Crippen LogP contribution is -2.44. The second-order valence-corrected chi connectivity index (χ2v) is 7.21. The molecule has 1 aromatic rings. The van der Waals surface area contributed by atoms with Gasteiger partial charge in [-0.25, -0.2) is 0 Å². The fraction of sp³-hybridized carbons (Fsp3) is 0.579. The van der Waals surface area contributed by atoms with Crippen molar-refractivity contribution >= 4 is 23.4 Å². The summed E-state index contributed by atoms with van der Waals surface area (Å²) in [6.07, 6.45) is 2.31. The molecule has 0 radical (unpaired) electrons. The lowest BCUT2D eigenvalue weighted by molar-refractivity contribution is -0.138. The van der Waals surface area contributed by atoms with Crippen molar-refractivity contribution in [2.75, 3.05) is 13.1 Å². The van der Waals surface area contributed by atoms with Gasteiger partial charge in [0.05, 0.1) is 6.04 Å². The number of carbonyl (C=O) groups is 2. The predicted molar refractivity (Wildman–Crippen MR) is 96.8 cm³/mol. The molecule has 0 aliphatic carbocycles. The largest absolute Gasteiger partial charge is 0.349 e. The van der Waals surface area contributed by atoms with Gasteiger partial charge in [-0.1, -0.05) is 44.5 Å². The highest BCUT2D eigenvalue weighted by molar-refractivity contribution is 6.30. The highest BCUT2D eigenvalue weighted by Crippen LogP contribution is 2.23. The molecule has 1 heterocycles. The monoisotopic (exact) mass is 350 g/mol. The molecule has 0 saturated carbocycles. The van der Waals surface area contributed by atoms with Crippen LogP contribution < -0.4 is 5.32 Å². The second kappa shape index (κ2) is 8.52. The maximum Gasteiger partial charge on any atom is 0.225 e. The Kier molecular flexibility index (Phi) is 6.67. The van der Waals surface area contributed by atoms with Gasteiger partial charge in [-0.3, -0.25) is 9.59 Å².